The summed E-state index contributed by atoms with van der Waals surface area (Å²) in [6, 6.07) is 0. The second-order valence-electron chi connectivity index (χ2n) is 3.60. The fraction of sp³-hybridized carbons (Fsp3) is 0.636. The number of nitrogens with two attached hydrogens (primary N) is 1. The molecular formula is C11H20N4O. The Morgan fingerprint density at radius 2 is 2.06 bits per heavy atom. The number of hydrogen-bond donors (Lipinski definition) is 2. The molecule has 1 rings (SSSR count). The van der Waals surface area contributed by atoms with Crippen molar-refractivity contribution >= 4 is 5.82 Å². The average molecular weight is 224 g/mol. The third-order valence-corrected chi connectivity index (χ3v) is 2.33. The van der Waals surface area contributed by atoms with Gasteiger partial charge in [0.25, 0.3) is 0 Å². The first-order chi connectivity index (χ1) is 7.72. The highest BCUT2D eigenvalue weighted by atomic mass is 16.5. The van der Waals surface area contributed by atoms with E-state index in [1.165, 1.54) is 0 Å². The fourth-order valence-corrected chi connectivity index (χ4v) is 1.57. The Balaban J connectivity index is 2.83. The molecule has 0 fully saturated rings. The lowest BCUT2D eigenvalue weighted by molar-refractivity contribution is 0.116. The predicted molar refractivity (Wildman–Crippen MR) is 63.9 cm³/mol. The molecule has 1 aromatic rings. The number of anilines is 1. The minimum absolute atomic E-state index is 0.438. The summed E-state index contributed by atoms with van der Waals surface area (Å²) in [6.45, 7) is 7.25. The van der Waals surface area contributed by atoms with Crippen molar-refractivity contribution < 1.29 is 4.74 Å². The number of rotatable bonds is 6. The van der Waals surface area contributed by atoms with Gasteiger partial charge in [0.15, 0.2) is 5.82 Å². The van der Waals surface area contributed by atoms with Crippen LogP contribution in [-0.4, -0.2) is 16.6 Å². The van der Waals surface area contributed by atoms with E-state index in [0.29, 0.717) is 18.2 Å². The highest BCUT2D eigenvalue weighted by Gasteiger charge is 2.08. The molecule has 0 unspecified atom stereocenters. The van der Waals surface area contributed by atoms with E-state index in [1.54, 1.807) is 0 Å². The lowest BCUT2D eigenvalue weighted by Gasteiger charge is -2.11. The molecule has 0 aromatic carbocycles. The quantitative estimate of drug-likeness (QED) is 0.436. The van der Waals surface area contributed by atoms with Crippen LogP contribution < -0.4 is 11.3 Å². The Hall–Kier alpha value is -1.20. The molecule has 0 aliphatic rings. The van der Waals surface area contributed by atoms with Crippen molar-refractivity contribution in [3.8, 4) is 0 Å². The number of hydrazine groups is 1. The van der Waals surface area contributed by atoms with Crippen molar-refractivity contribution in [3.63, 3.8) is 0 Å². The molecule has 1 aromatic heterocycles. The van der Waals surface area contributed by atoms with Gasteiger partial charge in [-0.25, -0.2) is 15.8 Å². The van der Waals surface area contributed by atoms with Crippen LogP contribution in [0.15, 0.2) is 0 Å². The van der Waals surface area contributed by atoms with Gasteiger partial charge in [0.05, 0.1) is 0 Å². The zero-order valence-electron chi connectivity index (χ0n) is 10.2. The smallest absolute Gasteiger partial charge is 0.156 e. The van der Waals surface area contributed by atoms with Crippen LogP contribution in [0, 0.1) is 6.92 Å². The average Bonchev–Trinajstić information content (AvgIpc) is 2.28. The maximum absolute atomic E-state index is 5.44. The fourth-order valence-electron chi connectivity index (χ4n) is 1.57. The normalized spacial score (nSPS) is 10.5. The number of hydrogen-bond acceptors (Lipinski definition) is 5. The highest BCUT2D eigenvalue weighted by molar-refractivity contribution is 5.45. The molecule has 0 aliphatic carbocycles. The van der Waals surface area contributed by atoms with Crippen LogP contribution in [0.1, 0.15) is 37.4 Å². The molecule has 0 atom stereocenters. The Labute approximate surface area is 96.4 Å². The minimum Gasteiger partial charge on any atom is -0.373 e. The third kappa shape index (κ3) is 3.15. The van der Waals surface area contributed by atoms with Gasteiger partial charge in [-0.2, -0.15) is 0 Å². The van der Waals surface area contributed by atoms with Crippen molar-refractivity contribution in [2.45, 2.75) is 40.2 Å². The zero-order chi connectivity index (χ0) is 12.0. The summed E-state index contributed by atoms with van der Waals surface area (Å²) in [6.07, 6.45) is 1.86. The maximum atomic E-state index is 5.44. The summed E-state index contributed by atoms with van der Waals surface area (Å²) in [4.78, 5) is 8.72. The molecule has 16 heavy (non-hydrogen) atoms. The predicted octanol–water partition coefficient (Wildman–Crippen LogP) is 1.56. The van der Waals surface area contributed by atoms with Crippen LogP contribution in [0.4, 0.5) is 5.82 Å². The van der Waals surface area contributed by atoms with Gasteiger partial charge in [0, 0.05) is 17.9 Å². The summed E-state index contributed by atoms with van der Waals surface area (Å²) in [5.41, 5.74) is 4.63. The molecule has 3 N–H and O–H groups in total. The molecule has 0 spiro atoms. The van der Waals surface area contributed by atoms with Gasteiger partial charge in [0.2, 0.25) is 0 Å². The SMILES string of the molecule is CCCOCc1nc(C)c(CC)c(NN)n1. The molecule has 0 saturated heterocycles. The van der Waals surface area contributed by atoms with E-state index in [0.717, 1.165) is 30.7 Å². The van der Waals surface area contributed by atoms with Crippen molar-refractivity contribution in [2.24, 2.45) is 5.84 Å². The van der Waals surface area contributed by atoms with E-state index in [9.17, 15) is 0 Å². The van der Waals surface area contributed by atoms with Gasteiger partial charge in [-0.1, -0.05) is 13.8 Å². The highest BCUT2D eigenvalue weighted by Crippen LogP contribution is 2.16. The molecule has 0 bridgehead atoms. The lowest BCUT2D eigenvalue weighted by Crippen LogP contribution is -2.15. The first kappa shape index (κ1) is 12.9. The maximum Gasteiger partial charge on any atom is 0.156 e. The second kappa shape index (κ2) is 6.40. The van der Waals surface area contributed by atoms with Crippen LogP contribution in [0.2, 0.25) is 0 Å². The van der Waals surface area contributed by atoms with Crippen molar-refractivity contribution in [3.05, 3.63) is 17.1 Å². The summed E-state index contributed by atoms with van der Waals surface area (Å²) in [7, 11) is 0. The molecule has 5 nitrogen and oxygen atoms in total. The number of nitrogens with one attached hydrogen (secondary N) is 1. The Morgan fingerprint density at radius 3 is 2.62 bits per heavy atom. The number of aromatic nitrogens is 2. The molecule has 0 radical (unpaired) electrons. The van der Waals surface area contributed by atoms with E-state index < -0.39 is 0 Å². The van der Waals surface area contributed by atoms with Crippen LogP contribution in [-0.2, 0) is 17.8 Å². The summed E-state index contributed by atoms with van der Waals surface area (Å²) < 4.78 is 5.40. The second-order valence-corrected chi connectivity index (χ2v) is 3.60. The standard InChI is InChI=1S/C11H20N4O/c1-4-6-16-7-10-13-8(3)9(5-2)11(14-10)15-12/h4-7,12H2,1-3H3,(H,13,14,15). The molecule has 0 amide bonds. The minimum atomic E-state index is 0.438. The molecule has 1 heterocycles. The van der Waals surface area contributed by atoms with Gasteiger partial charge >= 0.3 is 0 Å². The molecule has 0 aliphatic heterocycles. The first-order valence-electron chi connectivity index (χ1n) is 5.63. The largest absolute Gasteiger partial charge is 0.373 e. The van der Waals surface area contributed by atoms with Crippen molar-refractivity contribution in [1.29, 1.82) is 0 Å². The van der Waals surface area contributed by atoms with E-state index in [2.05, 4.69) is 29.2 Å². The van der Waals surface area contributed by atoms with Gasteiger partial charge in [-0.05, 0) is 19.8 Å². The Bertz CT molecular complexity index is 341. The molecule has 5 heteroatoms. The van der Waals surface area contributed by atoms with Gasteiger partial charge < -0.3 is 10.2 Å². The van der Waals surface area contributed by atoms with Gasteiger partial charge in [0.1, 0.15) is 12.4 Å². The van der Waals surface area contributed by atoms with Crippen LogP contribution in [0.25, 0.3) is 0 Å². The first-order valence-corrected chi connectivity index (χ1v) is 5.63. The van der Waals surface area contributed by atoms with E-state index >= 15 is 0 Å². The number of nitrogen functional groups attached to an aromatic ring is 1. The Kier molecular flexibility index (Phi) is 5.14. The van der Waals surface area contributed by atoms with E-state index in [1.807, 2.05) is 6.92 Å². The van der Waals surface area contributed by atoms with E-state index in [-0.39, 0.29) is 0 Å². The third-order valence-electron chi connectivity index (χ3n) is 2.33. The van der Waals surface area contributed by atoms with E-state index in [4.69, 9.17) is 10.6 Å². The number of ether oxygens (including phenoxy) is 1. The number of aryl methyl sites for hydroxylation is 1. The van der Waals surface area contributed by atoms with Crippen LogP contribution in [0.5, 0.6) is 0 Å². The summed E-state index contributed by atoms with van der Waals surface area (Å²) in [5.74, 6) is 6.81. The lowest BCUT2D eigenvalue weighted by atomic mass is 10.1. The number of nitrogens with zero attached hydrogens (tertiary/aromatic N) is 2. The van der Waals surface area contributed by atoms with Gasteiger partial charge in [-0.15, -0.1) is 0 Å². The molecule has 0 saturated carbocycles. The van der Waals surface area contributed by atoms with Crippen molar-refractivity contribution in [1.82, 2.24) is 9.97 Å². The Morgan fingerprint density at radius 1 is 1.31 bits per heavy atom. The topological polar surface area (TPSA) is 73.1 Å². The molecular weight excluding hydrogens is 204 g/mol. The summed E-state index contributed by atoms with van der Waals surface area (Å²) >= 11 is 0. The van der Waals surface area contributed by atoms with Gasteiger partial charge in [-0.3, -0.25) is 0 Å². The monoisotopic (exact) mass is 224 g/mol. The zero-order valence-corrected chi connectivity index (χ0v) is 10.2. The summed E-state index contributed by atoms with van der Waals surface area (Å²) in [5, 5.41) is 0. The van der Waals surface area contributed by atoms with Crippen LogP contribution in [0.3, 0.4) is 0 Å². The molecule has 90 valence electrons. The van der Waals surface area contributed by atoms with Crippen molar-refractivity contribution in [2.75, 3.05) is 12.0 Å². The van der Waals surface area contributed by atoms with Crippen LogP contribution >= 0.6 is 0 Å².